The van der Waals surface area contributed by atoms with Crippen LogP contribution in [0.5, 0.6) is 0 Å². The Hall–Kier alpha value is -1.49. The van der Waals surface area contributed by atoms with Crippen LogP contribution in [0.2, 0.25) is 0 Å². The van der Waals surface area contributed by atoms with Gasteiger partial charge in [0.2, 0.25) is 5.91 Å². The van der Waals surface area contributed by atoms with Gasteiger partial charge in [-0.25, -0.2) is 8.42 Å². The van der Waals surface area contributed by atoms with Crippen LogP contribution in [0.4, 0.5) is 0 Å². The number of aliphatic carboxylic acids is 1. The van der Waals surface area contributed by atoms with Crippen molar-refractivity contribution in [1.82, 2.24) is 10.0 Å². The molecule has 24 heavy (non-hydrogen) atoms. The summed E-state index contributed by atoms with van der Waals surface area (Å²) in [6, 6.07) is 2.04. The maximum absolute atomic E-state index is 12.1. The highest BCUT2D eigenvalue weighted by Gasteiger charge is 2.40. The lowest BCUT2D eigenvalue weighted by Crippen LogP contribution is -2.51. The first-order valence-electron chi connectivity index (χ1n) is 7.41. The molecular weight excluding hydrogens is 356 g/mol. The number of hydrogen-bond donors (Lipinski definition) is 3. The van der Waals surface area contributed by atoms with E-state index >= 15 is 0 Å². The number of carbonyl (C=O) groups excluding carboxylic acids is 1. The number of nitrogens with one attached hydrogen (secondary N) is 2. The zero-order valence-corrected chi connectivity index (χ0v) is 14.8. The third-order valence-corrected chi connectivity index (χ3v) is 6.93. The first kappa shape index (κ1) is 18.8. The van der Waals surface area contributed by atoms with Gasteiger partial charge in [0.1, 0.15) is 4.21 Å². The molecule has 0 bridgehead atoms. The fourth-order valence-corrected chi connectivity index (χ4v) is 4.61. The zero-order chi connectivity index (χ0) is 17.8. The second-order valence-corrected chi connectivity index (χ2v) is 8.58. The Labute approximate surface area is 144 Å². The fourth-order valence-electron chi connectivity index (χ4n) is 2.40. The second kappa shape index (κ2) is 7.60. The van der Waals surface area contributed by atoms with Gasteiger partial charge in [-0.3, -0.25) is 9.59 Å². The number of amides is 1. The maximum atomic E-state index is 12.1. The standard InChI is InChI=1S/C14H20N2O6S2/c1-10(16-24(20,21)11-3-2-8-23-11)12(17)15-9-14(13(18)19)4-6-22-7-5-14/h2-3,8,10,16H,4-7,9H2,1H3,(H,15,17)(H,18,19). The zero-order valence-electron chi connectivity index (χ0n) is 13.1. The van der Waals surface area contributed by atoms with Gasteiger partial charge in [-0.05, 0) is 31.2 Å². The normalized spacial score (nSPS) is 18.7. The molecule has 1 aliphatic rings. The van der Waals surface area contributed by atoms with Crippen molar-refractivity contribution in [1.29, 1.82) is 0 Å². The number of sulfonamides is 1. The van der Waals surface area contributed by atoms with Crippen molar-refractivity contribution in [2.24, 2.45) is 5.41 Å². The smallest absolute Gasteiger partial charge is 0.311 e. The van der Waals surface area contributed by atoms with Gasteiger partial charge >= 0.3 is 5.97 Å². The summed E-state index contributed by atoms with van der Waals surface area (Å²) < 4.78 is 31.8. The summed E-state index contributed by atoms with van der Waals surface area (Å²) in [6.45, 7) is 2.00. The lowest BCUT2D eigenvalue weighted by molar-refractivity contribution is -0.154. The summed E-state index contributed by atoms with van der Waals surface area (Å²) in [7, 11) is -3.76. The van der Waals surface area contributed by atoms with Crippen LogP contribution in [0.1, 0.15) is 19.8 Å². The molecule has 1 atom stereocenters. The number of carboxylic acids is 1. The molecule has 2 rings (SSSR count). The average molecular weight is 376 g/mol. The van der Waals surface area contributed by atoms with E-state index in [4.69, 9.17) is 4.74 Å². The summed E-state index contributed by atoms with van der Waals surface area (Å²) in [4.78, 5) is 23.7. The summed E-state index contributed by atoms with van der Waals surface area (Å²) in [5.41, 5.74) is -1.07. The van der Waals surface area contributed by atoms with Crippen molar-refractivity contribution >= 4 is 33.2 Å². The van der Waals surface area contributed by atoms with Gasteiger partial charge in [-0.1, -0.05) is 6.07 Å². The van der Waals surface area contributed by atoms with Gasteiger partial charge in [0.25, 0.3) is 10.0 Å². The molecule has 0 saturated carbocycles. The number of thiophene rings is 1. The van der Waals surface area contributed by atoms with E-state index in [1.807, 2.05) is 0 Å². The lowest BCUT2D eigenvalue weighted by Gasteiger charge is -2.33. The first-order valence-corrected chi connectivity index (χ1v) is 9.78. The molecule has 1 aromatic heterocycles. The van der Waals surface area contributed by atoms with Crippen molar-refractivity contribution in [2.45, 2.75) is 30.0 Å². The molecule has 0 radical (unpaired) electrons. The summed E-state index contributed by atoms with van der Waals surface area (Å²) in [6.07, 6.45) is 0.607. The Morgan fingerprint density at radius 2 is 2.08 bits per heavy atom. The molecule has 1 unspecified atom stereocenters. The predicted octanol–water partition coefficient (Wildman–Crippen LogP) is 0.413. The number of carboxylic acid groups (broad SMARTS) is 1. The molecule has 3 N–H and O–H groups in total. The van der Waals surface area contributed by atoms with Gasteiger partial charge in [0.15, 0.2) is 0 Å². The minimum absolute atomic E-state index is 0.0599. The molecule has 1 amide bonds. The van der Waals surface area contributed by atoms with Crippen molar-refractivity contribution < 1.29 is 27.9 Å². The van der Waals surface area contributed by atoms with Gasteiger partial charge in [-0.2, -0.15) is 4.72 Å². The highest BCUT2D eigenvalue weighted by molar-refractivity contribution is 7.91. The van der Waals surface area contributed by atoms with Crippen LogP contribution in [-0.4, -0.2) is 51.2 Å². The summed E-state index contributed by atoms with van der Waals surface area (Å²) in [5.74, 6) is -1.56. The number of carbonyl (C=O) groups is 2. The molecule has 2 heterocycles. The topological polar surface area (TPSA) is 122 Å². The van der Waals surface area contributed by atoms with Crippen LogP contribution in [-0.2, 0) is 24.3 Å². The van der Waals surface area contributed by atoms with E-state index in [-0.39, 0.29) is 10.8 Å². The quantitative estimate of drug-likeness (QED) is 0.634. The SMILES string of the molecule is CC(NS(=O)(=O)c1cccs1)C(=O)NCC1(C(=O)O)CCOCC1. The van der Waals surface area contributed by atoms with E-state index in [1.54, 1.807) is 11.4 Å². The van der Waals surface area contributed by atoms with Crippen molar-refractivity contribution in [3.8, 4) is 0 Å². The van der Waals surface area contributed by atoms with Crippen molar-refractivity contribution in [2.75, 3.05) is 19.8 Å². The highest BCUT2D eigenvalue weighted by Crippen LogP contribution is 2.30. The van der Waals surface area contributed by atoms with Gasteiger partial charge in [0, 0.05) is 19.8 Å². The number of ether oxygens (including phenoxy) is 1. The van der Waals surface area contributed by atoms with E-state index in [2.05, 4.69) is 10.0 Å². The fraction of sp³-hybridized carbons (Fsp3) is 0.571. The lowest BCUT2D eigenvalue weighted by atomic mass is 9.80. The second-order valence-electron chi connectivity index (χ2n) is 5.69. The molecule has 1 saturated heterocycles. The molecule has 0 spiro atoms. The molecule has 134 valence electrons. The van der Waals surface area contributed by atoms with Crippen LogP contribution in [0.15, 0.2) is 21.7 Å². The minimum atomic E-state index is -3.76. The highest BCUT2D eigenvalue weighted by atomic mass is 32.2. The molecule has 0 aromatic carbocycles. The number of rotatable bonds is 7. The molecule has 1 aliphatic heterocycles. The number of hydrogen-bond acceptors (Lipinski definition) is 6. The average Bonchev–Trinajstić information content (AvgIpc) is 3.08. The Morgan fingerprint density at radius 1 is 1.42 bits per heavy atom. The maximum Gasteiger partial charge on any atom is 0.311 e. The summed E-state index contributed by atoms with van der Waals surface area (Å²) >= 11 is 1.05. The molecule has 10 heteroatoms. The molecule has 0 aliphatic carbocycles. The Balaban J connectivity index is 1.95. The Bertz CT molecular complexity index is 680. The van der Waals surface area contributed by atoms with Gasteiger partial charge in [0.05, 0.1) is 11.5 Å². The van der Waals surface area contributed by atoms with Gasteiger partial charge in [-0.15, -0.1) is 11.3 Å². The van der Waals surface area contributed by atoms with E-state index < -0.39 is 33.4 Å². The monoisotopic (exact) mass is 376 g/mol. The molecule has 8 nitrogen and oxygen atoms in total. The van der Waals surface area contributed by atoms with Crippen LogP contribution in [0.25, 0.3) is 0 Å². The van der Waals surface area contributed by atoms with E-state index in [1.165, 1.54) is 13.0 Å². The van der Waals surface area contributed by atoms with Crippen molar-refractivity contribution in [3.05, 3.63) is 17.5 Å². The van der Waals surface area contributed by atoms with Gasteiger partial charge < -0.3 is 15.2 Å². The van der Waals surface area contributed by atoms with Crippen LogP contribution in [0.3, 0.4) is 0 Å². The van der Waals surface area contributed by atoms with E-state index in [0.29, 0.717) is 26.1 Å². The van der Waals surface area contributed by atoms with Crippen LogP contribution >= 0.6 is 11.3 Å². The van der Waals surface area contributed by atoms with E-state index in [9.17, 15) is 23.1 Å². The minimum Gasteiger partial charge on any atom is -0.481 e. The third-order valence-electron chi connectivity index (χ3n) is 3.99. The van der Waals surface area contributed by atoms with Crippen LogP contribution in [0, 0.1) is 5.41 Å². The molecule has 1 fully saturated rings. The Morgan fingerprint density at radius 3 is 2.62 bits per heavy atom. The predicted molar refractivity (Wildman–Crippen MR) is 87.2 cm³/mol. The molecular formula is C14H20N2O6S2. The first-order chi connectivity index (χ1) is 11.3. The van der Waals surface area contributed by atoms with Crippen LogP contribution < -0.4 is 10.0 Å². The summed E-state index contributed by atoms with van der Waals surface area (Å²) in [5, 5.41) is 13.6. The largest absolute Gasteiger partial charge is 0.481 e. The van der Waals surface area contributed by atoms with E-state index in [0.717, 1.165) is 11.3 Å². The molecule has 1 aromatic rings. The Kier molecular flexibility index (Phi) is 5.97. The third kappa shape index (κ3) is 4.32. The van der Waals surface area contributed by atoms with Crippen molar-refractivity contribution in [3.63, 3.8) is 0 Å².